The van der Waals surface area contributed by atoms with Crippen LogP contribution in [0.3, 0.4) is 0 Å². The minimum Gasteiger partial charge on any atom is -0.374 e. The van der Waals surface area contributed by atoms with Crippen molar-refractivity contribution in [3.63, 3.8) is 0 Å². The van der Waals surface area contributed by atoms with Crippen LogP contribution in [0.4, 0.5) is 5.69 Å². The summed E-state index contributed by atoms with van der Waals surface area (Å²) in [6.45, 7) is 6.85. The van der Waals surface area contributed by atoms with E-state index in [4.69, 9.17) is 11.6 Å². The first-order valence-electron chi connectivity index (χ1n) is 9.50. The highest BCUT2D eigenvalue weighted by molar-refractivity contribution is 6.41. The van der Waals surface area contributed by atoms with E-state index in [1.165, 1.54) is 4.90 Å². The van der Waals surface area contributed by atoms with Gasteiger partial charge >= 0.3 is 0 Å². The Morgan fingerprint density at radius 1 is 0.893 bits per heavy atom. The quantitative estimate of drug-likeness (QED) is 0.589. The maximum atomic E-state index is 13.3. The number of likely N-dealkylation sites (N-methyl/N-ethyl adjacent to an activating group) is 1. The molecule has 0 aromatic heterocycles. The maximum absolute atomic E-state index is 13.3. The number of fused-ring (bicyclic) bond motifs is 1. The molecular weight excluding hydrogens is 374 g/mol. The summed E-state index contributed by atoms with van der Waals surface area (Å²) in [4.78, 5) is 32.2. The number of halogens is 1. The third-order valence-corrected chi connectivity index (χ3v) is 5.59. The van der Waals surface area contributed by atoms with Crippen LogP contribution in [-0.4, -0.2) is 54.3 Å². The number of nitrogens with zero attached hydrogens (tertiary/aromatic N) is 3. The average Bonchev–Trinajstić information content (AvgIpc) is 2.73. The highest BCUT2D eigenvalue weighted by Crippen LogP contribution is 2.33. The van der Waals surface area contributed by atoms with Crippen molar-refractivity contribution in [3.8, 4) is 0 Å². The predicted octanol–water partition coefficient (Wildman–Crippen LogP) is 3.51. The highest BCUT2D eigenvalue weighted by Gasteiger charge is 2.36. The van der Waals surface area contributed by atoms with Gasteiger partial charge in [0.1, 0.15) is 0 Å². The SMILES string of the molecule is CCN1CCN(C=C2C(=O)N(c3ccc(Cl)cc3)C(=O)c3ccccc32)CC1. The van der Waals surface area contributed by atoms with Crippen molar-refractivity contribution >= 4 is 34.7 Å². The van der Waals surface area contributed by atoms with Crippen molar-refractivity contribution in [2.45, 2.75) is 6.92 Å². The topological polar surface area (TPSA) is 43.9 Å². The first-order chi connectivity index (χ1) is 13.6. The zero-order chi connectivity index (χ0) is 19.7. The van der Waals surface area contributed by atoms with Crippen LogP contribution in [-0.2, 0) is 4.79 Å². The number of carbonyl (C=O) groups is 2. The Labute approximate surface area is 169 Å². The van der Waals surface area contributed by atoms with Gasteiger partial charge in [0.25, 0.3) is 11.8 Å². The summed E-state index contributed by atoms with van der Waals surface area (Å²) in [5.41, 5.74) is 2.31. The van der Waals surface area contributed by atoms with Gasteiger partial charge in [0.2, 0.25) is 0 Å². The summed E-state index contributed by atoms with van der Waals surface area (Å²) in [5, 5.41) is 0.561. The molecule has 0 unspecified atom stereocenters. The number of rotatable bonds is 3. The molecule has 28 heavy (non-hydrogen) atoms. The van der Waals surface area contributed by atoms with Gasteiger partial charge in [-0.3, -0.25) is 9.59 Å². The molecule has 2 amide bonds. The van der Waals surface area contributed by atoms with Gasteiger partial charge in [0.05, 0.1) is 11.3 Å². The van der Waals surface area contributed by atoms with E-state index in [0.717, 1.165) is 32.7 Å². The Balaban J connectivity index is 1.74. The molecule has 2 aromatic rings. The summed E-state index contributed by atoms with van der Waals surface area (Å²) in [6.07, 6.45) is 1.92. The molecule has 144 valence electrons. The minimum atomic E-state index is -0.309. The molecule has 1 saturated heterocycles. The van der Waals surface area contributed by atoms with E-state index in [-0.39, 0.29) is 11.8 Å². The summed E-state index contributed by atoms with van der Waals surface area (Å²) in [7, 11) is 0. The fourth-order valence-corrected chi connectivity index (χ4v) is 3.82. The number of piperazine rings is 1. The largest absolute Gasteiger partial charge is 0.374 e. The molecule has 0 saturated carbocycles. The fourth-order valence-electron chi connectivity index (χ4n) is 3.69. The average molecular weight is 396 g/mol. The summed E-state index contributed by atoms with van der Waals surface area (Å²) >= 11 is 5.98. The van der Waals surface area contributed by atoms with Crippen LogP contribution >= 0.6 is 11.6 Å². The van der Waals surface area contributed by atoms with Crippen LogP contribution in [0.15, 0.2) is 54.7 Å². The Bertz CT molecular complexity index is 931. The third-order valence-electron chi connectivity index (χ3n) is 5.33. The predicted molar refractivity (Wildman–Crippen MR) is 111 cm³/mol. The summed E-state index contributed by atoms with van der Waals surface area (Å²) < 4.78 is 0. The number of benzene rings is 2. The van der Waals surface area contributed by atoms with E-state index in [2.05, 4.69) is 16.7 Å². The van der Waals surface area contributed by atoms with Gasteiger partial charge in [-0.15, -0.1) is 0 Å². The van der Waals surface area contributed by atoms with Crippen LogP contribution in [0.5, 0.6) is 0 Å². The lowest BCUT2D eigenvalue weighted by Crippen LogP contribution is -2.45. The Morgan fingerprint density at radius 2 is 1.54 bits per heavy atom. The molecule has 2 heterocycles. The van der Waals surface area contributed by atoms with Crippen molar-refractivity contribution < 1.29 is 9.59 Å². The number of imide groups is 1. The number of hydrogen-bond acceptors (Lipinski definition) is 4. The van der Waals surface area contributed by atoms with Crippen molar-refractivity contribution in [3.05, 3.63) is 70.9 Å². The standard InChI is InChI=1S/C22H22ClN3O2/c1-2-24-11-13-25(14-12-24)15-20-18-5-3-4-6-19(18)21(27)26(22(20)28)17-9-7-16(23)8-10-17/h3-10,15H,2,11-14H2,1H3. The summed E-state index contributed by atoms with van der Waals surface area (Å²) in [6, 6.07) is 14.1. The van der Waals surface area contributed by atoms with Crippen molar-refractivity contribution in [2.75, 3.05) is 37.6 Å². The van der Waals surface area contributed by atoms with Gasteiger partial charge in [-0.25, -0.2) is 4.90 Å². The third kappa shape index (κ3) is 3.43. The number of amides is 2. The van der Waals surface area contributed by atoms with Crippen LogP contribution in [0.25, 0.3) is 5.57 Å². The highest BCUT2D eigenvalue weighted by atomic mass is 35.5. The fraction of sp³-hybridized carbons (Fsp3) is 0.273. The van der Waals surface area contributed by atoms with Gasteiger partial charge in [-0.2, -0.15) is 0 Å². The molecule has 0 aliphatic carbocycles. The molecule has 0 spiro atoms. The lowest BCUT2D eigenvalue weighted by atomic mass is 9.93. The normalized spacial score (nSPS) is 19.3. The Kier molecular flexibility index (Phi) is 5.20. The first kappa shape index (κ1) is 18.7. The zero-order valence-electron chi connectivity index (χ0n) is 15.8. The summed E-state index contributed by atoms with van der Waals surface area (Å²) in [5.74, 6) is -0.611. The molecule has 0 atom stereocenters. The van der Waals surface area contributed by atoms with Crippen LogP contribution in [0.1, 0.15) is 22.8 Å². The molecule has 0 radical (unpaired) electrons. The van der Waals surface area contributed by atoms with Crippen LogP contribution < -0.4 is 4.90 Å². The molecule has 0 bridgehead atoms. The van der Waals surface area contributed by atoms with Gasteiger partial charge in [0.15, 0.2) is 0 Å². The van der Waals surface area contributed by atoms with Gasteiger partial charge in [0, 0.05) is 48.5 Å². The molecule has 6 heteroatoms. The Morgan fingerprint density at radius 3 is 2.18 bits per heavy atom. The van der Waals surface area contributed by atoms with Crippen LogP contribution in [0, 0.1) is 0 Å². The smallest absolute Gasteiger partial charge is 0.267 e. The lowest BCUT2D eigenvalue weighted by Gasteiger charge is -2.35. The van der Waals surface area contributed by atoms with E-state index in [1.807, 2.05) is 24.4 Å². The number of carbonyl (C=O) groups excluding carboxylic acids is 2. The second-order valence-electron chi connectivity index (χ2n) is 6.98. The van der Waals surface area contributed by atoms with E-state index in [9.17, 15) is 9.59 Å². The van der Waals surface area contributed by atoms with Gasteiger partial charge in [-0.1, -0.05) is 36.7 Å². The van der Waals surface area contributed by atoms with E-state index < -0.39 is 0 Å². The lowest BCUT2D eigenvalue weighted by molar-refractivity contribution is -0.112. The second-order valence-corrected chi connectivity index (χ2v) is 7.42. The molecule has 4 rings (SSSR count). The molecule has 1 fully saturated rings. The molecule has 5 nitrogen and oxygen atoms in total. The minimum absolute atomic E-state index is 0.302. The van der Waals surface area contributed by atoms with E-state index in [1.54, 1.807) is 30.3 Å². The maximum Gasteiger partial charge on any atom is 0.267 e. The first-order valence-corrected chi connectivity index (χ1v) is 9.88. The van der Waals surface area contributed by atoms with Crippen molar-refractivity contribution in [1.29, 1.82) is 0 Å². The second kappa shape index (κ2) is 7.78. The number of anilines is 1. The molecule has 2 aromatic carbocycles. The Hall–Kier alpha value is -2.63. The van der Waals surface area contributed by atoms with Crippen molar-refractivity contribution in [1.82, 2.24) is 9.80 Å². The monoisotopic (exact) mass is 395 g/mol. The van der Waals surface area contributed by atoms with Gasteiger partial charge in [-0.05, 0) is 36.9 Å². The number of hydrogen-bond donors (Lipinski definition) is 0. The molecule has 2 aliphatic rings. The van der Waals surface area contributed by atoms with Crippen molar-refractivity contribution in [2.24, 2.45) is 0 Å². The van der Waals surface area contributed by atoms with E-state index in [0.29, 0.717) is 27.4 Å². The van der Waals surface area contributed by atoms with Gasteiger partial charge < -0.3 is 9.80 Å². The molecule has 2 aliphatic heterocycles. The van der Waals surface area contributed by atoms with Crippen LogP contribution in [0.2, 0.25) is 5.02 Å². The molecule has 0 N–H and O–H groups in total. The van der Waals surface area contributed by atoms with E-state index >= 15 is 0 Å². The zero-order valence-corrected chi connectivity index (χ0v) is 16.5. The molecular formula is C22H22ClN3O2.